The minimum absolute atomic E-state index is 0.0618. The van der Waals surface area contributed by atoms with Gasteiger partial charge in [0.05, 0.1) is 0 Å². The molecular formula is C64H124O6. The first-order valence-corrected chi connectivity index (χ1v) is 31.7. The van der Waals surface area contributed by atoms with Gasteiger partial charge in [-0.25, -0.2) is 0 Å². The highest BCUT2D eigenvalue weighted by atomic mass is 16.6. The second-order valence-electron chi connectivity index (χ2n) is 23.0. The highest BCUT2D eigenvalue weighted by Gasteiger charge is 2.19. The van der Waals surface area contributed by atoms with E-state index in [0.717, 1.165) is 69.6 Å². The standard InChI is InChI=1S/C64H124O6/c1-6-7-8-9-10-11-12-13-24-29-34-39-44-49-54-62(65)68-57-61(58-69-63(66)55-50-45-40-35-30-25-21-20-23-28-33-38-43-48-53-60(4)5)70-64(67)56-51-46-41-36-31-26-19-17-15-14-16-18-22-27-32-37-42-47-52-59(2)3/h59-61H,6-58H2,1-5H3/t61-/m1/s1. The number of carbonyl (C=O) groups is 3. The Bertz CT molecular complexity index is 1070. The Labute approximate surface area is 438 Å². The van der Waals surface area contributed by atoms with Gasteiger partial charge < -0.3 is 14.2 Å². The lowest BCUT2D eigenvalue weighted by molar-refractivity contribution is -0.167. The summed E-state index contributed by atoms with van der Waals surface area (Å²) >= 11 is 0. The van der Waals surface area contributed by atoms with Crippen molar-refractivity contribution in [2.24, 2.45) is 11.8 Å². The normalized spacial score (nSPS) is 12.0. The Hall–Kier alpha value is -1.59. The van der Waals surface area contributed by atoms with Crippen LogP contribution in [-0.2, 0) is 28.6 Å². The molecule has 0 N–H and O–H groups in total. The smallest absolute Gasteiger partial charge is 0.306 e. The van der Waals surface area contributed by atoms with Crippen LogP contribution >= 0.6 is 0 Å². The molecule has 0 aliphatic rings. The van der Waals surface area contributed by atoms with Crippen LogP contribution in [0.1, 0.15) is 362 Å². The predicted molar refractivity (Wildman–Crippen MR) is 303 cm³/mol. The third-order valence-electron chi connectivity index (χ3n) is 14.7. The first-order valence-electron chi connectivity index (χ1n) is 31.7. The summed E-state index contributed by atoms with van der Waals surface area (Å²) in [4.78, 5) is 38.3. The van der Waals surface area contributed by atoms with Gasteiger partial charge in [0.15, 0.2) is 6.10 Å². The van der Waals surface area contributed by atoms with E-state index in [2.05, 4.69) is 34.6 Å². The van der Waals surface area contributed by atoms with Gasteiger partial charge in [0, 0.05) is 19.3 Å². The second kappa shape index (κ2) is 56.7. The summed E-state index contributed by atoms with van der Waals surface area (Å²) in [5, 5.41) is 0. The van der Waals surface area contributed by atoms with Crippen molar-refractivity contribution in [2.45, 2.75) is 368 Å². The Morgan fingerprint density at radius 2 is 0.471 bits per heavy atom. The summed E-state index contributed by atoms with van der Waals surface area (Å²) in [6, 6.07) is 0. The van der Waals surface area contributed by atoms with E-state index in [-0.39, 0.29) is 31.1 Å². The number of unbranched alkanes of at least 4 members (excludes halogenated alkanes) is 43. The van der Waals surface area contributed by atoms with Crippen LogP contribution in [-0.4, -0.2) is 37.2 Å². The Morgan fingerprint density at radius 1 is 0.271 bits per heavy atom. The second-order valence-corrected chi connectivity index (χ2v) is 23.0. The van der Waals surface area contributed by atoms with E-state index in [1.165, 1.54) is 250 Å². The Balaban J connectivity index is 4.27. The maximum absolute atomic E-state index is 12.9. The largest absolute Gasteiger partial charge is 0.462 e. The SMILES string of the molecule is CCCCCCCCCCCCCCCCC(=O)OC[C@H](COC(=O)CCCCCCCCCCCCCCCCC(C)C)OC(=O)CCCCCCCCCCCCCCCCCCCCC(C)C. The average Bonchev–Trinajstić information content (AvgIpc) is 3.33. The van der Waals surface area contributed by atoms with Gasteiger partial charge in [-0.05, 0) is 31.1 Å². The average molecular weight is 990 g/mol. The topological polar surface area (TPSA) is 78.9 Å². The van der Waals surface area contributed by atoms with Crippen LogP contribution in [0, 0.1) is 11.8 Å². The van der Waals surface area contributed by atoms with Crippen LogP contribution in [0.2, 0.25) is 0 Å². The van der Waals surface area contributed by atoms with Crippen LogP contribution < -0.4 is 0 Å². The molecule has 0 aliphatic heterocycles. The quantitative estimate of drug-likeness (QED) is 0.0343. The van der Waals surface area contributed by atoms with Crippen molar-refractivity contribution in [3.8, 4) is 0 Å². The van der Waals surface area contributed by atoms with Gasteiger partial charge in [-0.3, -0.25) is 14.4 Å². The van der Waals surface area contributed by atoms with Crippen LogP contribution in [0.5, 0.6) is 0 Å². The summed E-state index contributed by atoms with van der Waals surface area (Å²) in [7, 11) is 0. The predicted octanol–water partition coefficient (Wildman–Crippen LogP) is 21.2. The molecule has 0 heterocycles. The Morgan fingerprint density at radius 3 is 0.700 bits per heavy atom. The molecule has 0 radical (unpaired) electrons. The summed E-state index contributed by atoms with van der Waals surface area (Å²) in [5.74, 6) is 0.872. The molecule has 0 unspecified atom stereocenters. The highest BCUT2D eigenvalue weighted by Crippen LogP contribution is 2.19. The van der Waals surface area contributed by atoms with E-state index in [1.54, 1.807) is 0 Å². The lowest BCUT2D eigenvalue weighted by Gasteiger charge is -2.18. The van der Waals surface area contributed by atoms with Crippen molar-refractivity contribution in [3.05, 3.63) is 0 Å². The lowest BCUT2D eigenvalue weighted by Crippen LogP contribution is -2.30. The van der Waals surface area contributed by atoms with Gasteiger partial charge in [-0.2, -0.15) is 0 Å². The summed E-state index contributed by atoms with van der Waals surface area (Å²) < 4.78 is 17.0. The summed E-state index contributed by atoms with van der Waals surface area (Å²) in [6.45, 7) is 11.5. The van der Waals surface area contributed by atoms with Crippen molar-refractivity contribution in [2.75, 3.05) is 13.2 Å². The fraction of sp³-hybridized carbons (Fsp3) is 0.953. The zero-order valence-electron chi connectivity index (χ0n) is 48.2. The van der Waals surface area contributed by atoms with Gasteiger partial charge >= 0.3 is 17.9 Å². The molecule has 6 heteroatoms. The fourth-order valence-electron chi connectivity index (χ4n) is 9.93. The third-order valence-corrected chi connectivity index (χ3v) is 14.7. The molecule has 0 aliphatic carbocycles. The number of rotatable bonds is 58. The molecule has 0 aromatic carbocycles. The van der Waals surface area contributed by atoms with E-state index >= 15 is 0 Å². The molecule has 0 saturated heterocycles. The fourth-order valence-corrected chi connectivity index (χ4v) is 9.93. The number of esters is 3. The number of hydrogen-bond acceptors (Lipinski definition) is 6. The van der Waals surface area contributed by atoms with Crippen molar-refractivity contribution >= 4 is 17.9 Å². The molecule has 0 aromatic rings. The first kappa shape index (κ1) is 68.4. The molecule has 0 saturated carbocycles. The zero-order chi connectivity index (χ0) is 51.1. The molecule has 0 spiro atoms. The third kappa shape index (κ3) is 57.3. The zero-order valence-corrected chi connectivity index (χ0v) is 48.2. The van der Waals surface area contributed by atoms with E-state index in [1.807, 2.05) is 0 Å². The molecular weight excluding hydrogens is 865 g/mol. The maximum Gasteiger partial charge on any atom is 0.306 e. The maximum atomic E-state index is 12.9. The van der Waals surface area contributed by atoms with Crippen molar-refractivity contribution in [1.29, 1.82) is 0 Å². The molecule has 0 rings (SSSR count). The van der Waals surface area contributed by atoms with Gasteiger partial charge in [0.1, 0.15) is 13.2 Å². The van der Waals surface area contributed by atoms with E-state index in [9.17, 15) is 14.4 Å². The van der Waals surface area contributed by atoms with E-state index in [4.69, 9.17) is 14.2 Å². The minimum atomic E-state index is -0.763. The molecule has 6 nitrogen and oxygen atoms in total. The van der Waals surface area contributed by atoms with Gasteiger partial charge in [0.2, 0.25) is 0 Å². The number of carbonyl (C=O) groups excluding carboxylic acids is 3. The number of ether oxygens (including phenoxy) is 3. The monoisotopic (exact) mass is 989 g/mol. The van der Waals surface area contributed by atoms with Crippen molar-refractivity contribution < 1.29 is 28.6 Å². The molecule has 0 amide bonds. The Kier molecular flexibility index (Phi) is 55.4. The van der Waals surface area contributed by atoms with Crippen LogP contribution in [0.15, 0.2) is 0 Å². The van der Waals surface area contributed by atoms with Crippen molar-refractivity contribution in [1.82, 2.24) is 0 Å². The number of hydrogen-bond donors (Lipinski definition) is 0. The highest BCUT2D eigenvalue weighted by molar-refractivity contribution is 5.71. The lowest BCUT2D eigenvalue weighted by atomic mass is 10.0. The van der Waals surface area contributed by atoms with Crippen LogP contribution in [0.4, 0.5) is 0 Å². The molecule has 0 fully saturated rings. The molecule has 1 atom stereocenters. The van der Waals surface area contributed by atoms with Gasteiger partial charge in [-0.15, -0.1) is 0 Å². The van der Waals surface area contributed by atoms with Gasteiger partial charge in [0.25, 0.3) is 0 Å². The molecule has 70 heavy (non-hydrogen) atoms. The van der Waals surface area contributed by atoms with E-state index in [0.29, 0.717) is 19.3 Å². The van der Waals surface area contributed by atoms with Gasteiger partial charge in [-0.1, -0.05) is 324 Å². The van der Waals surface area contributed by atoms with Crippen LogP contribution in [0.25, 0.3) is 0 Å². The first-order chi connectivity index (χ1) is 34.2. The summed E-state index contributed by atoms with van der Waals surface area (Å²) in [6.07, 6.45) is 62.4. The van der Waals surface area contributed by atoms with E-state index < -0.39 is 6.10 Å². The molecule has 0 aromatic heterocycles. The molecule has 0 bridgehead atoms. The van der Waals surface area contributed by atoms with Crippen molar-refractivity contribution in [3.63, 3.8) is 0 Å². The molecule has 416 valence electrons. The summed E-state index contributed by atoms with van der Waals surface area (Å²) in [5.41, 5.74) is 0. The van der Waals surface area contributed by atoms with Crippen LogP contribution in [0.3, 0.4) is 0 Å². The minimum Gasteiger partial charge on any atom is -0.462 e.